The van der Waals surface area contributed by atoms with Gasteiger partial charge in [-0.15, -0.1) is 6.58 Å². The molecule has 0 saturated carbocycles. The molecule has 0 heterocycles. The van der Waals surface area contributed by atoms with E-state index >= 15 is 0 Å². The second-order valence-electron chi connectivity index (χ2n) is 2.54. The van der Waals surface area contributed by atoms with Gasteiger partial charge in [-0.2, -0.15) is 5.26 Å². The number of allylic oxidation sites excluding steroid dienone is 7. The molecule has 0 aromatic carbocycles. The molecule has 0 rings (SSSR count). The van der Waals surface area contributed by atoms with E-state index in [4.69, 9.17) is 5.26 Å². The monoisotopic (exact) mass is 259 g/mol. The first-order chi connectivity index (χ1) is 9.08. The minimum atomic E-state index is 0.468. The van der Waals surface area contributed by atoms with E-state index in [1.54, 1.807) is 24.3 Å². The van der Waals surface area contributed by atoms with Crippen molar-refractivity contribution in [1.82, 2.24) is 0 Å². The molecule has 0 atom stereocenters. The van der Waals surface area contributed by atoms with E-state index in [9.17, 15) is 0 Å². The normalized spacial score (nSPS) is 7.47. The lowest BCUT2D eigenvalue weighted by Gasteiger charge is -2.01. The third kappa shape index (κ3) is 18.5. The van der Waals surface area contributed by atoms with Crippen LogP contribution in [0.15, 0.2) is 73.9 Å². The van der Waals surface area contributed by atoms with Gasteiger partial charge in [0.1, 0.15) is 0 Å². The lowest BCUT2D eigenvalue weighted by atomic mass is 10.0. The van der Waals surface area contributed by atoms with Gasteiger partial charge in [-0.1, -0.05) is 72.2 Å². The summed E-state index contributed by atoms with van der Waals surface area (Å²) in [5, 5.41) is 8.67. The molecule has 0 saturated heterocycles. The van der Waals surface area contributed by atoms with Crippen LogP contribution < -0.4 is 0 Å². The Hall–Kier alpha value is -2.07. The van der Waals surface area contributed by atoms with Crippen molar-refractivity contribution in [2.24, 2.45) is 0 Å². The SMILES string of the molecule is C=C/C=C(/C#N)C(=C)C(=C)C=C.C=CC.CC.CC. The predicted octanol–water partition coefficient (Wildman–Crippen LogP) is 6.17. The van der Waals surface area contributed by atoms with Gasteiger partial charge < -0.3 is 0 Å². The molecule has 0 aliphatic carbocycles. The first kappa shape index (κ1) is 25.7. The standard InChI is InChI=1S/C11H11N.C3H6.2C2H6/c1-5-7-11(8-12)10(4)9(3)6-2;1-3-2;2*1-2/h5-7H,1-4H2;3H,1H2,2H3;2*1-2H3/b11-7-;;;. The van der Waals surface area contributed by atoms with Gasteiger partial charge in [0.25, 0.3) is 0 Å². The molecule has 106 valence electrons. The Morgan fingerprint density at radius 1 is 1.00 bits per heavy atom. The molecular weight excluding hydrogens is 230 g/mol. The molecule has 1 heteroatoms. The van der Waals surface area contributed by atoms with Crippen LogP contribution in [0.25, 0.3) is 0 Å². The van der Waals surface area contributed by atoms with Gasteiger partial charge in [0, 0.05) is 0 Å². The van der Waals surface area contributed by atoms with Crippen LogP contribution in [-0.4, -0.2) is 0 Å². The molecule has 0 radical (unpaired) electrons. The summed E-state index contributed by atoms with van der Waals surface area (Å²) in [5.41, 5.74) is 1.71. The van der Waals surface area contributed by atoms with Crippen LogP contribution >= 0.6 is 0 Å². The Balaban J connectivity index is -0.000000136. The molecule has 0 bridgehead atoms. The first-order valence-electron chi connectivity index (χ1n) is 6.39. The zero-order valence-electron chi connectivity index (χ0n) is 13.3. The van der Waals surface area contributed by atoms with Crippen LogP contribution in [0.3, 0.4) is 0 Å². The van der Waals surface area contributed by atoms with Gasteiger partial charge in [0.05, 0.1) is 11.6 Å². The van der Waals surface area contributed by atoms with Crippen LogP contribution in [0, 0.1) is 11.3 Å². The highest BCUT2D eigenvalue weighted by Crippen LogP contribution is 2.15. The van der Waals surface area contributed by atoms with Crippen molar-refractivity contribution in [3.8, 4) is 6.07 Å². The fraction of sp³-hybridized carbons (Fsp3) is 0.278. The Kier molecular flexibility index (Phi) is 33.7. The van der Waals surface area contributed by atoms with Gasteiger partial charge in [0.15, 0.2) is 0 Å². The summed E-state index contributed by atoms with van der Waals surface area (Å²) in [5.74, 6) is 0. The Morgan fingerprint density at radius 2 is 1.37 bits per heavy atom. The van der Waals surface area contributed by atoms with Crippen LogP contribution in [0.2, 0.25) is 0 Å². The van der Waals surface area contributed by atoms with Gasteiger partial charge in [-0.3, -0.25) is 0 Å². The second kappa shape index (κ2) is 24.9. The van der Waals surface area contributed by atoms with Crippen molar-refractivity contribution >= 4 is 0 Å². The highest BCUT2D eigenvalue weighted by Gasteiger charge is 2.01. The molecule has 0 aromatic rings. The minimum Gasteiger partial charge on any atom is -0.192 e. The van der Waals surface area contributed by atoms with E-state index in [-0.39, 0.29) is 0 Å². The second-order valence-corrected chi connectivity index (χ2v) is 2.54. The smallest absolute Gasteiger partial charge is 0.0997 e. The third-order valence-corrected chi connectivity index (χ3v) is 1.36. The predicted molar refractivity (Wildman–Crippen MR) is 90.9 cm³/mol. The summed E-state index contributed by atoms with van der Waals surface area (Å²) in [7, 11) is 0. The Labute approximate surface area is 120 Å². The topological polar surface area (TPSA) is 23.8 Å². The van der Waals surface area contributed by atoms with Crippen molar-refractivity contribution in [2.75, 3.05) is 0 Å². The fourth-order valence-electron chi connectivity index (χ4n) is 0.619. The van der Waals surface area contributed by atoms with Crippen molar-refractivity contribution in [3.05, 3.63) is 73.9 Å². The van der Waals surface area contributed by atoms with Crippen molar-refractivity contribution in [2.45, 2.75) is 34.6 Å². The summed E-state index contributed by atoms with van der Waals surface area (Å²) >= 11 is 0. The number of hydrogen-bond donors (Lipinski definition) is 0. The van der Waals surface area contributed by atoms with Crippen LogP contribution in [0.1, 0.15) is 34.6 Å². The zero-order chi connectivity index (χ0) is 16.3. The molecule has 0 aliphatic rings. The lowest BCUT2D eigenvalue weighted by Crippen LogP contribution is -1.86. The molecule has 1 nitrogen and oxygen atoms in total. The highest BCUT2D eigenvalue weighted by atomic mass is 14.2. The summed E-state index contributed by atoms with van der Waals surface area (Å²) < 4.78 is 0. The molecule has 0 N–H and O–H groups in total. The van der Waals surface area contributed by atoms with Gasteiger partial charge in [0.2, 0.25) is 0 Å². The first-order valence-corrected chi connectivity index (χ1v) is 6.39. The van der Waals surface area contributed by atoms with E-state index < -0.39 is 0 Å². The zero-order valence-corrected chi connectivity index (χ0v) is 13.3. The maximum absolute atomic E-state index is 8.67. The average molecular weight is 259 g/mol. The van der Waals surface area contributed by atoms with E-state index in [0.29, 0.717) is 16.7 Å². The van der Waals surface area contributed by atoms with E-state index in [1.807, 2.05) is 40.7 Å². The molecule has 0 aliphatic heterocycles. The molecule has 0 fully saturated rings. The molecule has 0 amide bonds. The van der Waals surface area contributed by atoms with Crippen LogP contribution in [0.4, 0.5) is 0 Å². The molecule has 0 aromatic heterocycles. The number of hydrogen-bond acceptors (Lipinski definition) is 1. The highest BCUT2D eigenvalue weighted by molar-refractivity contribution is 5.54. The Bertz CT molecular complexity index is 335. The van der Waals surface area contributed by atoms with Gasteiger partial charge in [-0.25, -0.2) is 0 Å². The Morgan fingerprint density at radius 3 is 1.58 bits per heavy atom. The lowest BCUT2D eigenvalue weighted by molar-refractivity contribution is 1.44. The van der Waals surface area contributed by atoms with Crippen LogP contribution in [-0.2, 0) is 0 Å². The quantitative estimate of drug-likeness (QED) is 0.336. The fourth-order valence-corrected chi connectivity index (χ4v) is 0.619. The summed E-state index contributed by atoms with van der Waals surface area (Å²) in [6.07, 6.45) is 6.45. The molecule has 0 unspecified atom stereocenters. The summed E-state index contributed by atoms with van der Waals surface area (Å²) in [6, 6.07) is 2.00. The van der Waals surface area contributed by atoms with E-state index in [0.717, 1.165) is 0 Å². The summed E-state index contributed by atoms with van der Waals surface area (Å²) in [6.45, 7) is 27.7. The third-order valence-electron chi connectivity index (χ3n) is 1.36. The number of rotatable bonds is 4. The minimum absolute atomic E-state index is 0.468. The van der Waals surface area contributed by atoms with Crippen molar-refractivity contribution < 1.29 is 0 Å². The van der Waals surface area contributed by atoms with Crippen molar-refractivity contribution in [3.63, 3.8) is 0 Å². The van der Waals surface area contributed by atoms with Crippen molar-refractivity contribution in [1.29, 1.82) is 5.26 Å². The van der Waals surface area contributed by atoms with E-state index in [2.05, 4.69) is 32.9 Å². The average Bonchev–Trinajstić information content (AvgIpc) is 2.48. The molecule has 0 spiro atoms. The van der Waals surface area contributed by atoms with Gasteiger partial charge in [-0.05, 0) is 24.1 Å². The maximum atomic E-state index is 8.67. The number of nitrogens with zero attached hydrogens (tertiary/aromatic N) is 1. The van der Waals surface area contributed by atoms with E-state index in [1.165, 1.54) is 0 Å². The number of nitriles is 1. The van der Waals surface area contributed by atoms with Crippen LogP contribution in [0.5, 0.6) is 0 Å². The summed E-state index contributed by atoms with van der Waals surface area (Å²) in [4.78, 5) is 0. The largest absolute Gasteiger partial charge is 0.192 e. The molecule has 19 heavy (non-hydrogen) atoms. The maximum Gasteiger partial charge on any atom is 0.0997 e. The molecular formula is C18H29N. The van der Waals surface area contributed by atoms with Gasteiger partial charge >= 0.3 is 0 Å².